The van der Waals surface area contributed by atoms with Crippen molar-refractivity contribution in [3.8, 4) is 5.75 Å². The van der Waals surface area contributed by atoms with Crippen LogP contribution in [0.3, 0.4) is 0 Å². The summed E-state index contributed by atoms with van der Waals surface area (Å²) >= 11 is 0. The maximum atomic E-state index is 13.1. The van der Waals surface area contributed by atoms with Crippen LogP contribution in [-0.4, -0.2) is 39.5 Å². The first-order valence-corrected chi connectivity index (χ1v) is 11.3. The van der Waals surface area contributed by atoms with Crippen molar-refractivity contribution < 1.29 is 26.5 Å². The molecule has 2 aromatic rings. The van der Waals surface area contributed by atoms with E-state index in [0.29, 0.717) is 26.1 Å². The van der Waals surface area contributed by atoms with Gasteiger partial charge in [-0.15, -0.1) is 0 Å². The van der Waals surface area contributed by atoms with Crippen LogP contribution in [0.4, 0.5) is 4.39 Å². The first kappa shape index (κ1) is 23.8. The number of halogens is 1. The number of hydrogen-bond donors (Lipinski definition) is 0. The summed E-state index contributed by atoms with van der Waals surface area (Å²) in [5.41, 5.74) is 0.738. The van der Waals surface area contributed by atoms with E-state index in [2.05, 4.69) is 6.92 Å². The second-order valence-corrected chi connectivity index (χ2v) is 8.45. The van der Waals surface area contributed by atoms with E-state index >= 15 is 0 Å². The molecule has 2 aromatic carbocycles. The summed E-state index contributed by atoms with van der Waals surface area (Å²) < 4.78 is 48.2. The Kier molecular flexibility index (Phi) is 9.26. The molecule has 8 heteroatoms. The summed E-state index contributed by atoms with van der Waals surface area (Å²) in [6, 6.07) is 11.0. The Hall–Kier alpha value is -2.45. The lowest BCUT2D eigenvalue weighted by molar-refractivity contribution is -0.132. The molecule has 0 heterocycles. The number of nitrogens with zero attached hydrogens (tertiary/aromatic N) is 1. The lowest BCUT2D eigenvalue weighted by Crippen LogP contribution is -2.33. The molecule has 0 radical (unpaired) electrons. The van der Waals surface area contributed by atoms with Gasteiger partial charge in [0.15, 0.2) is 0 Å². The molecule has 0 atom stereocenters. The van der Waals surface area contributed by atoms with Gasteiger partial charge in [-0.2, -0.15) is 8.42 Å². The van der Waals surface area contributed by atoms with Crippen molar-refractivity contribution in [1.29, 1.82) is 0 Å². The zero-order valence-electron chi connectivity index (χ0n) is 17.3. The largest absolute Gasteiger partial charge is 0.383 e. The van der Waals surface area contributed by atoms with Crippen LogP contribution in [0, 0.1) is 5.82 Å². The highest BCUT2D eigenvalue weighted by Crippen LogP contribution is 2.21. The Labute approximate surface area is 177 Å². The number of hydrogen-bond acceptors (Lipinski definition) is 5. The van der Waals surface area contributed by atoms with Crippen molar-refractivity contribution in [2.75, 3.05) is 20.3 Å². The number of rotatable bonds is 12. The summed E-state index contributed by atoms with van der Waals surface area (Å²) in [5.74, 6) is -0.372. The normalized spacial score (nSPS) is 11.3. The molecule has 0 unspecified atom stereocenters. The Morgan fingerprint density at radius 3 is 2.50 bits per heavy atom. The number of ether oxygens (including phenoxy) is 1. The molecule has 0 saturated carbocycles. The number of carbonyl (C=O) groups excluding carboxylic acids is 1. The van der Waals surface area contributed by atoms with Gasteiger partial charge < -0.3 is 13.8 Å². The SMILES string of the molecule is CCCCCC(=O)N(CCOC)Cc1cccc(OS(=O)(=O)c2ccc(F)cc2)c1. The lowest BCUT2D eigenvalue weighted by atomic mass is 10.1. The fourth-order valence-corrected chi connectivity index (χ4v) is 3.79. The van der Waals surface area contributed by atoms with Crippen LogP contribution < -0.4 is 4.18 Å². The van der Waals surface area contributed by atoms with Crippen molar-refractivity contribution >= 4 is 16.0 Å². The number of amides is 1. The molecule has 0 N–H and O–H groups in total. The number of unbranched alkanes of at least 4 members (excludes halogenated alkanes) is 2. The Morgan fingerprint density at radius 2 is 1.83 bits per heavy atom. The van der Waals surface area contributed by atoms with Crippen molar-refractivity contribution in [3.05, 3.63) is 59.9 Å². The first-order chi connectivity index (χ1) is 14.4. The highest BCUT2D eigenvalue weighted by atomic mass is 32.2. The zero-order valence-corrected chi connectivity index (χ0v) is 18.2. The third kappa shape index (κ3) is 7.42. The Bertz CT molecular complexity index is 915. The van der Waals surface area contributed by atoms with Gasteiger partial charge in [0.05, 0.1) is 6.61 Å². The summed E-state index contributed by atoms with van der Waals surface area (Å²) in [6.45, 7) is 3.26. The molecule has 0 aromatic heterocycles. The van der Waals surface area contributed by atoms with Gasteiger partial charge in [-0.05, 0) is 48.4 Å². The molecule has 0 aliphatic heterocycles. The van der Waals surface area contributed by atoms with Crippen LogP contribution in [0.1, 0.15) is 38.2 Å². The van der Waals surface area contributed by atoms with Crippen LogP contribution in [0.2, 0.25) is 0 Å². The van der Waals surface area contributed by atoms with Gasteiger partial charge in [0.1, 0.15) is 16.5 Å². The maximum Gasteiger partial charge on any atom is 0.339 e. The number of methoxy groups -OCH3 is 1. The smallest absolute Gasteiger partial charge is 0.339 e. The Morgan fingerprint density at radius 1 is 1.10 bits per heavy atom. The maximum absolute atomic E-state index is 13.1. The molecular weight excluding hydrogens is 409 g/mol. The van der Waals surface area contributed by atoms with Crippen LogP contribution >= 0.6 is 0 Å². The van der Waals surface area contributed by atoms with Crippen LogP contribution in [-0.2, 0) is 26.2 Å². The summed E-state index contributed by atoms with van der Waals surface area (Å²) in [5, 5.41) is 0. The predicted octanol–water partition coefficient (Wildman–Crippen LogP) is 4.15. The second-order valence-electron chi connectivity index (χ2n) is 6.90. The highest BCUT2D eigenvalue weighted by Gasteiger charge is 2.18. The molecule has 164 valence electrons. The van der Waals surface area contributed by atoms with Crippen LogP contribution in [0.5, 0.6) is 5.75 Å². The van der Waals surface area contributed by atoms with Crippen molar-refractivity contribution in [1.82, 2.24) is 4.90 Å². The average Bonchev–Trinajstić information content (AvgIpc) is 2.71. The van der Waals surface area contributed by atoms with E-state index in [9.17, 15) is 17.6 Å². The van der Waals surface area contributed by atoms with E-state index in [1.54, 1.807) is 30.2 Å². The van der Waals surface area contributed by atoms with E-state index in [1.807, 2.05) is 0 Å². The minimum Gasteiger partial charge on any atom is -0.383 e. The predicted molar refractivity (Wildman–Crippen MR) is 112 cm³/mol. The van der Waals surface area contributed by atoms with Gasteiger partial charge in [-0.3, -0.25) is 4.79 Å². The van der Waals surface area contributed by atoms with Gasteiger partial charge in [-0.1, -0.05) is 31.9 Å². The molecule has 0 fully saturated rings. The molecule has 0 aliphatic rings. The topological polar surface area (TPSA) is 72.9 Å². The standard InChI is InChI=1S/C22H28FNO5S/c1-3-4-5-9-22(25)24(14-15-28-2)17-18-7-6-8-20(16-18)29-30(26,27)21-12-10-19(23)11-13-21/h6-8,10-13,16H,3-5,9,14-15,17H2,1-2H3. The average molecular weight is 438 g/mol. The molecular formula is C22H28FNO5S. The first-order valence-electron chi connectivity index (χ1n) is 9.91. The lowest BCUT2D eigenvalue weighted by Gasteiger charge is -2.23. The highest BCUT2D eigenvalue weighted by molar-refractivity contribution is 7.87. The van der Waals surface area contributed by atoms with Gasteiger partial charge in [0.25, 0.3) is 0 Å². The summed E-state index contributed by atoms with van der Waals surface area (Å²) in [6.07, 6.45) is 3.33. The summed E-state index contributed by atoms with van der Waals surface area (Å²) in [4.78, 5) is 14.1. The zero-order chi connectivity index (χ0) is 22.0. The van der Waals surface area contributed by atoms with E-state index < -0.39 is 15.9 Å². The van der Waals surface area contributed by atoms with E-state index in [1.165, 1.54) is 6.07 Å². The van der Waals surface area contributed by atoms with Gasteiger partial charge >= 0.3 is 10.1 Å². The summed E-state index contributed by atoms with van der Waals surface area (Å²) in [7, 11) is -2.51. The number of benzene rings is 2. The third-order valence-corrected chi connectivity index (χ3v) is 5.75. The molecule has 0 aliphatic carbocycles. The Balaban J connectivity index is 2.11. The number of carbonyl (C=O) groups is 1. The van der Waals surface area contributed by atoms with Crippen molar-refractivity contribution in [2.24, 2.45) is 0 Å². The molecule has 0 spiro atoms. The minimum absolute atomic E-state index is 0.0331. The van der Waals surface area contributed by atoms with Crippen LogP contribution in [0.15, 0.2) is 53.4 Å². The molecule has 0 bridgehead atoms. The van der Waals surface area contributed by atoms with Gasteiger partial charge in [0, 0.05) is 26.6 Å². The fraction of sp³-hybridized carbons (Fsp3) is 0.409. The van der Waals surface area contributed by atoms with Gasteiger partial charge in [-0.25, -0.2) is 4.39 Å². The fourth-order valence-electron chi connectivity index (χ4n) is 2.87. The van der Waals surface area contributed by atoms with Crippen molar-refractivity contribution in [2.45, 2.75) is 44.0 Å². The monoisotopic (exact) mass is 437 g/mol. The van der Waals surface area contributed by atoms with Gasteiger partial charge in [0.2, 0.25) is 5.91 Å². The van der Waals surface area contributed by atoms with E-state index in [-0.39, 0.29) is 16.6 Å². The van der Waals surface area contributed by atoms with E-state index in [4.69, 9.17) is 8.92 Å². The molecule has 1 amide bonds. The second kappa shape index (κ2) is 11.7. The molecule has 6 nitrogen and oxygen atoms in total. The minimum atomic E-state index is -4.09. The molecule has 2 rings (SSSR count). The van der Waals surface area contributed by atoms with E-state index in [0.717, 1.165) is 49.1 Å². The third-order valence-electron chi connectivity index (χ3n) is 4.49. The molecule has 30 heavy (non-hydrogen) atoms. The quantitative estimate of drug-likeness (QED) is 0.368. The molecule has 0 saturated heterocycles. The van der Waals surface area contributed by atoms with Crippen molar-refractivity contribution in [3.63, 3.8) is 0 Å². The van der Waals surface area contributed by atoms with Crippen LogP contribution in [0.25, 0.3) is 0 Å².